The van der Waals surface area contributed by atoms with Crippen LogP contribution in [0, 0.1) is 11.8 Å². The van der Waals surface area contributed by atoms with E-state index in [2.05, 4.69) is 66.4 Å². The molecule has 1 unspecified atom stereocenters. The topological polar surface area (TPSA) is 37.3 Å². The molecule has 1 N–H and O–H groups in total. The van der Waals surface area contributed by atoms with Crippen LogP contribution in [0.5, 0.6) is 0 Å². The zero-order chi connectivity index (χ0) is 19.4. The average molecular weight is 428 g/mol. The van der Waals surface area contributed by atoms with E-state index < -0.39 is 5.97 Å². The van der Waals surface area contributed by atoms with Gasteiger partial charge in [-0.05, 0) is 0 Å². The third-order valence-corrected chi connectivity index (χ3v) is 9.45. The summed E-state index contributed by atoms with van der Waals surface area (Å²) in [5.74, 6) is 5.37. The van der Waals surface area contributed by atoms with Gasteiger partial charge in [0.2, 0.25) is 0 Å². The molecule has 2 nitrogen and oxygen atoms in total. The van der Waals surface area contributed by atoms with Crippen LogP contribution < -0.4 is 0 Å². The van der Waals surface area contributed by atoms with Crippen LogP contribution in [-0.2, 0) is 9.41 Å². The van der Waals surface area contributed by atoms with Gasteiger partial charge in [0.05, 0.1) is 0 Å². The number of rotatable bonds is 5. The van der Waals surface area contributed by atoms with Crippen molar-refractivity contribution >= 4 is 21.7 Å². The van der Waals surface area contributed by atoms with Gasteiger partial charge in [-0.3, -0.25) is 0 Å². The van der Waals surface area contributed by atoms with Crippen molar-refractivity contribution in [2.24, 2.45) is 0 Å². The van der Waals surface area contributed by atoms with Crippen molar-refractivity contribution in [1.29, 1.82) is 0 Å². The van der Waals surface area contributed by atoms with E-state index in [1.54, 1.807) is 24.3 Å². The number of carbonyl (C=O) groups is 1. The van der Waals surface area contributed by atoms with Crippen LogP contribution in [0.15, 0.2) is 78.9 Å². The summed E-state index contributed by atoms with van der Waals surface area (Å²) in [6.07, 6.45) is 2.64. The third-order valence-electron chi connectivity index (χ3n) is 5.14. The molecule has 0 aliphatic heterocycles. The van der Waals surface area contributed by atoms with Crippen LogP contribution >= 0.6 is 0 Å². The number of aromatic carboxylic acids is 1. The van der Waals surface area contributed by atoms with Crippen LogP contribution in [0.25, 0.3) is 0 Å². The van der Waals surface area contributed by atoms with Crippen molar-refractivity contribution in [3.8, 4) is 11.8 Å². The molecule has 0 amide bonds. The molecular formula is C25H21AsO2. The number of benzene rings is 3. The average Bonchev–Trinajstić information content (AvgIpc) is 3.53. The summed E-state index contributed by atoms with van der Waals surface area (Å²) in [6.45, 7) is 0. The van der Waals surface area contributed by atoms with E-state index in [9.17, 15) is 4.79 Å². The first-order valence-electron chi connectivity index (χ1n) is 9.40. The van der Waals surface area contributed by atoms with E-state index in [-0.39, 0.29) is 21.3 Å². The molecule has 0 aromatic heterocycles. The van der Waals surface area contributed by atoms with Crippen LogP contribution in [0.2, 0.25) is 0 Å². The molecule has 3 aromatic carbocycles. The van der Waals surface area contributed by atoms with E-state index in [4.69, 9.17) is 5.11 Å². The fraction of sp³-hybridized carbons (Fsp3) is 0.160. The minimum atomic E-state index is -0.917. The van der Waals surface area contributed by atoms with E-state index in [0.29, 0.717) is 4.20 Å². The Morgan fingerprint density at radius 1 is 0.857 bits per heavy atom. The van der Waals surface area contributed by atoms with Gasteiger partial charge < -0.3 is 5.11 Å². The maximum absolute atomic E-state index is 10.9. The molecule has 0 saturated heterocycles. The molecule has 1 aliphatic rings. The van der Waals surface area contributed by atoms with Gasteiger partial charge in [0.25, 0.3) is 0 Å². The van der Waals surface area contributed by atoms with E-state index in [0.717, 1.165) is 11.1 Å². The molecule has 138 valence electrons. The Kier molecular flexibility index (Phi) is 5.38. The molecule has 3 heteroatoms. The van der Waals surface area contributed by atoms with Crippen LogP contribution in [0.4, 0.5) is 0 Å². The first-order chi connectivity index (χ1) is 13.6. The molecule has 0 radical (unpaired) electrons. The maximum atomic E-state index is 10.9. The molecule has 1 aliphatic carbocycles. The Bertz CT molecular complexity index is 1020. The summed E-state index contributed by atoms with van der Waals surface area (Å²) in [6, 6.07) is 26.2. The molecule has 3 aromatic rings. The summed E-state index contributed by atoms with van der Waals surface area (Å²) in [4.78, 5) is 10.9. The van der Waals surface area contributed by atoms with Crippen molar-refractivity contribution in [3.63, 3.8) is 0 Å². The number of hydrogen-bond acceptors (Lipinski definition) is 1. The number of hydrogen-bond donors (Lipinski definition) is 1. The van der Waals surface area contributed by atoms with Crippen molar-refractivity contribution in [2.45, 2.75) is 22.3 Å². The zero-order valence-electron chi connectivity index (χ0n) is 15.5. The SMILES string of the molecule is O=C(O)c1ccc(C#Cc2ccc(C3([AsH]Cc4ccccc4)CC3)cc2)cc1. The Morgan fingerprint density at radius 3 is 1.96 bits per heavy atom. The van der Waals surface area contributed by atoms with Gasteiger partial charge in [-0.25, -0.2) is 4.79 Å². The van der Waals surface area contributed by atoms with Gasteiger partial charge in [0.15, 0.2) is 0 Å². The van der Waals surface area contributed by atoms with Crippen molar-refractivity contribution in [1.82, 2.24) is 0 Å². The monoisotopic (exact) mass is 428 g/mol. The molecule has 1 fully saturated rings. The fourth-order valence-electron chi connectivity index (χ4n) is 3.27. The normalized spacial score (nSPS) is 14.4. The number of carboxylic acids is 1. The van der Waals surface area contributed by atoms with E-state index in [1.165, 1.54) is 29.2 Å². The van der Waals surface area contributed by atoms with E-state index >= 15 is 0 Å². The summed E-state index contributed by atoms with van der Waals surface area (Å²) >= 11 is -0.0666. The number of carboxylic acid groups (broad SMARTS) is 1. The molecule has 0 bridgehead atoms. The quantitative estimate of drug-likeness (QED) is 0.483. The van der Waals surface area contributed by atoms with Crippen molar-refractivity contribution in [2.75, 3.05) is 0 Å². The van der Waals surface area contributed by atoms with Crippen molar-refractivity contribution < 1.29 is 9.90 Å². The molecule has 1 saturated carbocycles. The van der Waals surface area contributed by atoms with Crippen LogP contribution in [-0.4, -0.2) is 26.8 Å². The molecule has 1 atom stereocenters. The van der Waals surface area contributed by atoms with Gasteiger partial charge in [-0.1, -0.05) is 0 Å². The van der Waals surface area contributed by atoms with Gasteiger partial charge in [0, 0.05) is 0 Å². The Labute approximate surface area is 172 Å². The van der Waals surface area contributed by atoms with Gasteiger partial charge >= 0.3 is 162 Å². The van der Waals surface area contributed by atoms with E-state index in [1.807, 2.05) is 0 Å². The summed E-state index contributed by atoms with van der Waals surface area (Å²) < 4.78 is 0.467. The molecule has 4 rings (SSSR count). The van der Waals surface area contributed by atoms with Gasteiger partial charge in [0.1, 0.15) is 0 Å². The standard InChI is InChI=1S/C25H21AsO2/c27-24(28)22-12-8-19(9-13-22)6-7-20-10-14-23(15-11-20)25(16-17-25)26-18-21-4-2-1-3-5-21/h1-5,8-15,26H,16-18H2,(H,27,28). The Morgan fingerprint density at radius 2 is 1.43 bits per heavy atom. The third kappa shape index (κ3) is 4.38. The first kappa shape index (κ1) is 18.6. The Hall–Kier alpha value is -2.75. The predicted molar refractivity (Wildman–Crippen MR) is 114 cm³/mol. The molecule has 28 heavy (non-hydrogen) atoms. The second-order valence-electron chi connectivity index (χ2n) is 7.13. The minimum absolute atomic E-state index is 0.0666. The first-order valence-corrected chi connectivity index (χ1v) is 11.9. The molecule has 0 heterocycles. The van der Waals surface area contributed by atoms with Crippen molar-refractivity contribution in [3.05, 3.63) is 107 Å². The summed E-state index contributed by atoms with van der Waals surface area (Å²) in [5, 5.41) is 10.2. The fourth-order valence-corrected chi connectivity index (χ4v) is 6.69. The Balaban J connectivity index is 1.42. The molecular weight excluding hydrogens is 407 g/mol. The zero-order valence-corrected chi connectivity index (χ0v) is 17.6. The van der Waals surface area contributed by atoms with Crippen LogP contribution in [0.1, 0.15) is 45.5 Å². The van der Waals surface area contributed by atoms with Gasteiger partial charge in [-0.2, -0.15) is 0 Å². The molecule has 0 spiro atoms. The second kappa shape index (κ2) is 8.09. The second-order valence-corrected chi connectivity index (χ2v) is 10.6. The predicted octanol–water partition coefficient (Wildman–Crippen LogP) is 4.41. The summed E-state index contributed by atoms with van der Waals surface area (Å²) in [7, 11) is 0. The van der Waals surface area contributed by atoms with Crippen LogP contribution in [0.3, 0.4) is 0 Å². The summed E-state index contributed by atoms with van der Waals surface area (Å²) in [5.41, 5.74) is 5.03. The van der Waals surface area contributed by atoms with Gasteiger partial charge in [-0.15, -0.1) is 0 Å².